The molecular weight excluding hydrogens is 206 g/mol. The van der Waals surface area contributed by atoms with Crippen LogP contribution in [0.15, 0.2) is 0 Å². The summed E-state index contributed by atoms with van der Waals surface area (Å²) in [6.45, 7) is -0.691. The molecule has 1 rings (SSSR count). The van der Waals surface area contributed by atoms with Crippen LogP contribution in [0.4, 0.5) is 4.79 Å². The molecule has 74 valence electrons. The van der Waals surface area contributed by atoms with Crippen molar-refractivity contribution in [2.75, 3.05) is 6.61 Å². The average Bonchev–Trinajstić information content (AvgIpc) is 2.24. The molecule has 1 fully saturated rings. The highest BCUT2D eigenvalue weighted by atomic mass is 32.2. The van der Waals surface area contributed by atoms with Gasteiger partial charge in [-0.05, 0) is 0 Å². The molecule has 0 bridgehead atoms. The third-order valence-corrected chi connectivity index (χ3v) is 2.70. The molecule has 9 heteroatoms. The van der Waals surface area contributed by atoms with Crippen molar-refractivity contribution in [2.24, 2.45) is 0 Å². The van der Waals surface area contributed by atoms with Gasteiger partial charge >= 0.3 is 22.4 Å². The number of hydrogen-bond donors (Lipinski definition) is 2. The van der Waals surface area contributed by atoms with Crippen LogP contribution in [-0.4, -0.2) is 47.6 Å². The normalized spacial score (nSPS) is 25.8. The molecule has 1 atom stereocenters. The largest absolute Gasteiger partial charge is 0.480 e. The predicted molar refractivity (Wildman–Crippen MR) is 36.2 cm³/mol. The second kappa shape index (κ2) is 2.85. The van der Waals surface area contributed by atoms with Crippen LogP contribution in [0.5, 0.6) is 0 Å². The van der Waals surface area contributed by atoms with Gasteiger partial charge in [-0.3, -0.25) is 4.18 Å². The lowest BCUT2D eigenvalue weighted by Crippen LogP contribution is -2.42. The van der Waals surface area contributed by atoms with Gasteiger partial charge in [-0.15, -0.1) is 0 Å². The minimum absolute atomic E-state index is 0.227. The van der Waals surface area contributed by atoms with Crippen LogP contribution in [-0.2, 0) is 19.3 Å². The lowest BCUT2D eigenvalue weighted by atomic mass is 10.3. The average molecular weight is 211 g/mol. The molecule has 8 nitrogen and oxygen atoms in total. The molecule has 0 unspecified atom stereocenters. The van der Waals surface area contributed by atoms with Crippen LogP contribution in [0.3, 0.4) is 0 Å². The maximum Gasteiger partial charge on any atom is 0.423 e. The molecule has 1 amide bonds. The minimum atomic E-state index is -4.43. The standard InChI is InChI=1S/C4H5NO7S/c6-3(7)2-1-12-13(10,11)5(2)4(8)9/h2H,1H2,(H,6,7)(H,8,9)/t2-/m0/s1. The first-order valence-electron chi connectivity index (χ1n) is 3.01. The van der Waals surface area contributed by atoms with Crippen molar-refractivity contribution < 1.29 is 32.4 Å². The molecule has 1 saturated heterocycles. The lowest BCUT2D eigenvalue weighted by Gasteiger charge is -2.12. The third-order valence-electron chi connectivity index (χ3n) is 1.37. The number of carboxylic acids is 1. The Kier molecular flexibility index (Phi) is 2.14. The molecule has 1 aliphatic rings. The van der Waals surface area contributed by atoms with Gasteiger partial charge in [-0.25, -0.2) is 9.59 Å². The van der Waals surface area contributed by atoms with E-state index in [0.717, 1.165) is 0 Å². The third kappa shape index (κ3) is 1.55. The highest BCUT2D eigenvalue weighted by Crippen LogP contribution is 2.18. The maximum atomic E-state index is 10.8. The van der Waals surface area contributed by atoms with E-state index in [0.29, 0.717) is 0 Å². The fraction of sp³-hybridized carbons (Fsp3) is 0.500. The van der Waals surface area contributed by atoms with Crippen LogP contribution in [0.1, 0.15) is 0 Å². The molecule has 0 saturated carbocycles. The Morgan fingerprint density at radius 2 is 1.92 bits per heavy atom. The zero-order valence-electron chi connectivity index (χ0n) is 6.08. The van der Waals surface area contributed by atoms with E-state index in [1.165, 1.54) is 0 Å². The SMILES string of the molecule is O=C(O)[C@@H]1COS(=O)(=O)N1C(=O)O. The molecular formula is C4H5NO7S. The van der Waals surface area contributed by atoms with Crippen molar-refractivity contribution in [2.45, 2.75) is 6.04 Å². The molecule has 0 aromatic carbocycles. The molecule has 0 aromatic heterocycles. The van der Waals surface area contributed by atoms with Crippen molar-refractivity contribution in [1.29, 1.82) is 0 Å². The Balaban J connectivity index is 3.07. The van der Waals surface area contributed by atoms with Gasteiger partial charge in [0.25, 0.3) is 0 Å². The van der Waals surface area contributed by atoms with Crippen LogP contribution in [0, 0.1) is 0 Å². The first-order valence-corrected chi connectivity index (χ1v) is 4.37. The number of aliphatic carboxylic acids is 1. The number of hydrogen-bond acceptors (Lipinski definition) is 5. The summed E-state index contributed by atoms with van der Waals surface area (Å²) < 4.78 is 25.4. The van der Waals surface area contributed by atoms with Crippen LogP contribution < -0.4 is 0 Å². The Bertz CT molecular complexity index is 346. The summed E-state index contributed by atoms with van der Waals surface area (Å²) in [6, 6.07) is -1.69. The molecule has 0 spiro atoms. The van der Waals surface area contributed by atoms with Crippen LogP contribution in [0.25, 0.3) is 0 Å². The number of nitrogens with zero attached hydrogens (tertiary/aromatic N) is 1. The summed E-state index contributed by atoms with van der Waals surface area (Å²) in [5.41, 5.74) is 0. The number of carbonyl (C=O) groups is 2. The van der Waals surface area contributed by atoms with E-state index in [1.807, 2.05) is 0 Å². The highest BCUT2D eigenvalue weighted by molar-refractivity contribution is 7.85. The van der Waals surface area contributed by atoms with Crippen molar-refractivity contribution in [1.82, 2.24) is 4.31 Å². The van der Waals surface area contributed by atoms with E-state index in [-0.39, 0.29) is 4.31 Å². The topological polar surface area (TPSA) is 121 Å². The van der Waals surface area contributed by atoms with E-state index in [9.17, 15) is 18.0 Å². The van der Waals surface area contributed by atoms with Crippen molar-refractivity contribution in [3.8, 4) is 0 Å². The minimum Gasteiger partial charge on any atom is -0.480 e. The number of rotatable bonds is 1. The second-order valence-electron chi connectivity index (χ2n) is 2.17. The van der Waals surface area contributed by atoms with Crippen LogP contribution >= 0.6 is 0 Å². The smallest absolute Gasteiger partial charge is 0.423 e. The van der Waals surface area contributed by atoms with Gasteiger partial charge in [0.1, 0.15) is 6.61 Å². The Hall–Kier alpha value is -1.35. The van der Waals surface area contributed by atoms with E-state index in [4.69, 9.17) is 10.2 Å². The Morgan fingerprint density at radius 1 is 1.38 bits per heavy atom. The van der Waals surface area contributed by atoms with E-state index >= 15 is 0 Å². The zero-order valence-corrected chi connectivity index (χ0v) is 6.89. The quantitative estimate of drug-likeness (QED) is 0.552. The lowest BCUT2D eigenvalue weighted by molar-refractivity contribution is -0.140. The fourth-order valence-electron chi connectivity index (χ4n) is 0.831. The summed E-state index contributed by atoms with van der Waals surface area (Å²) in [5.74, 6) is -1.57. The summed E-state index contributed by atoms with van der Waals surface area (Å²) in [6.07, 6.45) is -1.87. The monoisotopic (exact) mass is 211 g/mol. The van der Waals surface area contributed by atoms with E-state index < -0.39 is 35.0 Å². The van der Waals surface area contributed by atoms with Crippen LogP contribution in [0.2, 0.25) is 0 Å². The number of carboxylic acid groups (broad SMARTS) is 2. The Morgan fingerprint density at radius 3 is 2.23 bits per heavy atom. The molecule has 0 aliphatic carbocycles. The van der Waals surface area contributed by atoms with Crippen molar-refractivity contribution in [3.63, 3.8) is 0 Å². The Labute approximate surface area is 72.6 Å². The number of amides is 1. The molecule has 0 aromatic rings. The highest BCUT2D eigenvalue weighted by Gasteiger charge is 2.46. The van der Waals surface area contributed by atoms with Gasteiger partial charge in [0, 0.05) is 0 Å². The molecule has 0 radical (unpaired) electrons. The molecule has 13 heavy (non-hydrogen) atoms. The van der Waals surface area contributed by atoms with E-state index in [1.54, 1.807) is 0 Å². The van der Waals surface area contributed by atoms with Gasteiger partial charge in [0.05, 0.1) is 0 Å². The molecule has 1 heterocycles. The van der Waals surface area contributed by atoms with Gasteiger partial charge in [0.2, 0.25) is 0 Å². The van der Waals surface area contributed by atoms with Gasteiger partial charge in [-0.2, -0.15) is 12.7 Å². The fourth-order valence-corrected chi connectivity index (χ4v) is 1.90. The van der Waals surface area contributed by atoms with Gasteiger partial charge in [0.15, 0.2) is 6.04 Å². The second-order valence-corrected chi connectivity index (χ2v) is 3.66. The van der Waals surface area contributed by atoms with E-state index in [2.05, 4.69) is 4.18 Å². The van der Waals surface area contributed by atoms with Gasteiger partial charge in [-0.1, -0.05) is 0 Å². The predicted octanol–water partition coefficient (Wildman–Crippen LogP) is -1.31. The molecule has 2 N–H and O–H groups in total. The summed E-state index contributed by atoms with van der Waals surface area (Å²) in [5, 5.41) is 16.8. The van der Waals surface area contributed by atoms with Crippen molar-refractivity contribution >= 4 is 22.4 Å². The maximum absolute atomic E-state index is 10.8. The summed E-state index contributed by atoms with van der Waals surface area (Å²) >= 11 is 0. The van der Waals surface area contributed by atoms with Gasteiger partial charge < -0.3 is 10.2 Å². The molecule has 1 aliphatic heterocycles. The first-order chi connectivity index (χ1) is 5.86. The van der Waals surface area contributed by atoms with Crippen molar-refractivity contribution in [3.05, 3.63) is 0 Å². The zero-order chi connectivity index (χ0) is 10.2. The summed E-state index contributed by atoms with van der Waals surface area (Å²) in [4.78, 5) is 20.7. The first kappa shape index (κ1) is 9.74. The summed E-state index contributed by atoms with van der Waals surface area (Å²) in [7, 11) is -4.43.